The Hall–Kier alpha value is -3.55. The molecule has 0 saturated carbocycles. The van der Waals surface area contributed by atoms with Gasteiger partial charge in [0.05, 0.1) is 19.2 Å². The van der Waals surface area contributed by atoms with Crippen LogP contribution in [0.3, 0.4) is 0 Å². The lowest BCUT2D eigenvalue weighted by Crippen LogP contribution is -2.06. The summed E-state index contributed by atoms with van der Waals surface area (Å²) in [5.41, 5.74) is 9.03. The molecular weight excluding hydrogens is 346 g/mol. The number of fused-ring (bicyclic) bond motifs is 1. The summed E-state index contributed by atoms with van der Waals surface area (Å²) in [6.45, 7) is 2.64. The monoisotopic (exact) mass is 365 g/mol. The SMILES string of the molecule is COc1ccccc1Cn1ccc2nc(N)nc(OCc3cc(C)on3)c21. The third-order valence-corrected chi connectivity index (χ3v) is 4.16. The summed E-state index contributed by atoms with van der Waals surface area (Å²) >= 11 is 0. The third-order valence-electron chi connectivity index (χ3n) is 4.16. The van der Waals surface area contributed by atoms with Crippen LogP contribution in [0.4, 0.5) is 5.95 Å². The van der Waals surface area contributed by atoms with Crippen LogP contribution < -0.4 is 15.2 Å². The zero-order chi connectivity index (χ0) is 18.8. The Morgan fingerprint density at radius 1 is 1.19 bits per heavy atom. The number of benzene rings is 1. The minimum atomic E-state index is 0.156. The Bertz CT molecular complexity index is 1090. The molecule has 0 atom stereocenters. The molecule has 4 aromatic rings. The van der Waals surface area contributed by atoms with Gasteiger partial charge >= 0.3 is 0 Å². The highest BCUT2D eigenvalue weighted by Gasteiger charge is 2.15. The van der Waals surface area contributed by atoms with Crippen molar-refractivity contribution in [2.45, 2.75) is 20.1 Å². The Kier molecular flexibility index (Phi) is 4.37. The Balaban J connectivity index is 1.69. The lowest BCUT2D eigenvalue weighted by atomic mass is 10.2. The molecule has 0 spiro atoms. The van der Waals surface area contributed by atoms with E-state index in [4.69, 9.17) is 19.7 Å². The van der Waals surface area contributed by atoms with E-state index >= 15 is 0 Å². The predicted octanol–water partition coefficient (Wildman–Crippen LogP) is 2.95. The molecule has 4 rings (SSSR count). The van der Waals surface area contributed by atoms with Gasteiger partial charge in [0.25, 0.3) is 0 Å². The first-order chi connectivity index (χ1) is 13.1. The number of methoxy groups -OCH3 is 1. The number of anilines is 1. The van der Waals surface area contributed by atoms with E-state index in [1.165, 1.54) is 0 Å². The number of para-hydroxylation sites is 1. The minimum absolute atomic E-state index is 0.156. The zero-order valence-corrected chi connectivity index (χ0v) is 15.0. The summed E-state index contributed by atoms with van der Waals surface area (Å²) in [6, 6.07) is 11.6. The van der Waals surface area contributed by atoms with Gasteiger partial charge in [-0.05, 0) is 19.1 Å². The summed E-state index contributed by atoms with van der Waals surface area (Å²) in [5.74, 6) is 2.10. The first kappa shape index (κ1) is 16.9. The number of aromatic nitrogens is 4. The van der Waals surface area contributed by atoms with Gasteiger partial charge in [-0.3, -0.25) is 0 Å². The molecule has 3 heterocycles. The smallest absolute Gasteiger partial charge is 0.243 e. The van der Waals surface area contributed by atoms with Crippen LogP contribution in [-0.2, 0) is 13.2 Å². The van der Waals surface area contributed by atoms with Crippen molar-refractivity contribution in [3.05, 3.63) is 59.6 Å². The fraction of sp³-hybridized carbons (Fsp3) is 0.211. The number of nitrogens with zero attached hydrogens (tertiary/aromatic N) is 4. The van der Waals surface area contributed by atoms with E-state index in [9.17, 15) is 0 Å². The highest BCUT2D eigenvalue weighted by atomic mass is 16.5. The van der Waals surface area contributed by atoms with Crippen molar-refractivity contribution < 1.29 is 14.0 Å². The molecule has 1 aromatic carbocycles. The van der Waals surface area contributed by atoms with Crippen molar-refractivity contribution in [2.75, 3.05) is 12.8 Å². The number of hydrogen-bond donors (Lipinski definition) is 1. The van der Waals surface area contributed by atoms with Gasteiger partial charge in [-0.1, -0.05) is 23.4 Å². The number of hydrogen-bond acceptors (Lipinski definition) is 7. The van der Waals surface area contributed by atoms with Crippen molar-refractivity contribution in [1.29, 1.82) is 0 Å². The van der Waals surface area contributed by atoms with Crippen LogP contribution in [0.5, 0.6) is 11.6 Å². The molecule has 8 nitrogen and oxygen atoms in total. The van der Waals surface area contributed by atoms with Crippen LogP contribution in [0, 0.1) is 6.92 Å². The minimum Gasteiger partial charge on any atom is -0.496 e. The lowest BCUT2D eigenvalue weighted by Gasteiger charge is -2.12. The maximum absolute atomic E-state index is 5.89. The van der Waals surface area contributed by atoms with Crippen LogP contribution in [0.2, 0.25) is 0 Å². The number of nitrogen functional groups attached to an aromatic ring is 1. The molecule has 138 valence electrons. The fourth-order valence-corrected chi connectivity index (χ4v) is 2.97. The number of rotatable bonds is 6. The predicted molar refractivity (Wildman–Crippen MR) is 99.6 cm³/mol. The maximum Gasteiger partial charge on any atom is 0.243 e. The number of ether oxygens (including phenoxy) is 2. The average molecular weight is 365 g/mol. The third kappa shape index (κ3) is 3.41. The zero-order valence-electron chi connectivity index (χ0n) is 15.0. The summed E-state index contributed by atoms with van der Waals surface area (Å²) < 4.78 is 18.4. The molecule has 0 radical (unpaired) electrons. The first-order valence-electron chi connectivity index (χ1n) is 8.43. The molecule has 2 N–H and O–H groups in total. The van der Waals surface area contributed by atoms with E-state index in [1.54, 1.807) is 7.11 Å². The van der Waals surface area contributed by atoms with Gasteiger partial charge in [0, 0.05) is 17.8 Å². The van der Waals surface area contributed by atoms with Crippen LogP contribution in [0.1, 0.15) is 17.0 Å². The van der Waals surface area contributed by atoms with Gasteiger partial charge in [-0.15, -0.1) is 0 Å². The van der Waals surface area contributed by atoms with Gasteiger partial charge < -0.3 is 24.3 Å². The van der Waals surface area contributed by atoms with Crippen molar-refractivity contribution in [3.8, 4) is 11.6 Å². The van der Waals surface area contributed by atoms with E-state index in [0.717, 1.165) is 22.6 Å². The van der Waals surface area contributed by atoms with Crippen molar-refractivity contribution in [2.24, 2.45) is 0 Å². The number of nitrogens with two attached hydrogens (primary N) is 1. The first-order valence-corrected chi connectivity index (χ1v) is 8.43. The molecule has 0 aliphatic heterocycles. The maximum atomic E-state index is 5.89. The second-order valence-corrected chi connectivity index (χ2v) is 6.09. The number of aryl methyl sites for hydroxylation is 1. The highest BCUT2D eigenvalue weighted by Crippen LogP contribution is 2.28. The van der Waals surface area contributed by atoms with E-state index in [2.05, 4.69) is 15.1 Å². The van der Waals surface area contributed by atoms with Gasteiger partial charge in [0.2, 0.25) is 11.8 Å². The fourth-order valence-electron chi connectivity index (χ4n) is 2.97. The van der Waals surface area contributed by atoms with Crippen LogP contribution in [0.25, 0.3) is 11.0 Å². The van der Waals surface area contributed by atoms with Gasteiger partial charge in [0.15, 0.2) is 0 Å². The molecule has 0 bridgehead atoms. The summed E-state index contributed by atoms with van der Waals surface area (Å²) in [5, 5.41) is 3.94. The lowest BCUT2D eigenvalue weighted by molar-refractivity contribution is 0.280. The van der Waals surface area contributed by atoms with E-state index in [0.29, 0.717) is 23.6 Å². The van der Waals surface area contributed by atoms with E-state index < -0.39 is 0 Å². The van der Waals surface area contributed by atoms with Crippen LogP contribution in [0.15, 0.2) is 47.1 Å². The molecule has 0 saturated heterocycles. The summed E-state index contributed by atoms with van der Waals surface area (Å²) in [7, 11) is 1.66. The van der Waals surface area contributed by atoms with Crippen LogP contribution >= 0.6 is 0 Å². The quantitative estimate of drug-likeness (QED) is 0.560. The molecule has 0 unspecified atom stereocenters. The molecular formula is C19H19N5O3. The second-order valence-electron chi connectivity index (χ2n) is 6.09. The molecule has 0 aliphatic rings. The Labute approximate surface area is 155 Å². The van der Waals surface area contributed by atoms with Crippen LogP contribution in [-0.4, -0.2) is 26.8 Å². The summed E-state index contributed by atoms with van der Waals surface area (Å²) in [4.78, 5) is 8.57. The molecule has 0 amide bonds. The topological polar surface area (TPSA) is 101 Å². The Morgan fingerprint density at radius 3 is 2.81 bits per heavy atom. The average Bonchev–Trinajstić information content (AvgIpc) is 3.26. The molecule has 3 aromatic heterocycles. The van der Waals surface area contributed by atoms with E-state index in [1.807, 2.05) is 54.1 Å². The molecule has 0 aliphatic carbocycles. The second kappa shape index (κ2) is 6.99. The molecule has 0 fully saturated rings. The van der Waals surface area contributed by atoms with Crippen molar-refractivity contribution in [1.82, 2.24) is 19.7 Å². The highest BCUT2D eigenvalue weighted by molar-refractivity contribution is 5.82. The van der Waals surface area contributed by atoms with Crippen molar-refractivity contribution >= 4 is 17.0 Å². The normalized spacial score (nSPS) is 11.0. The summed E-state index contributed by atoms with van der Waals surface area (Å²) in [6.07, 6.45) is 1.93. The van der Waals surface area contributed by atoms with E-state index in [-0.39, 0.29) is 12.6 Å². The van der Waals surface area contributed by atoms with Gasteiger partial charge in [0.1, 0.15) is 29.3 Å². The van der Waals surface area contributed by atoms with Crippen molar-refractivity contribution in [3.63, 3.8) is 0 Å². The largest absolute Gasteiger partial charge is 0.496 e. The van der Waals surface area contributed by atoms with Gasteiger partial charge in [-0.2, -0.15) is 4.98 Å². The standard InChI is InChI=1S/C19H19N5O3/c1-12-9-14(23-27-12)11-26-18-17-15(21-19(20)22-18)7-8-24(17)10-13-5-3-4-6-16(13)25-2/h3-9H,10-11H2,1-2H3,(H2,20,21,22). The molecule has 27 heavy (non-hydrogen) atoms. The molecule has 8 heteroatoms. The Morgan fingerprint density at radius 2 is 2.04 bits per heavy atom. The van der Waals surface area contributed by atoms with Gasteiger partial charge in [-0.25, -0.2) is 4.98 Å².